The normalized spacial score (nSPS) is 14.1. The number of rotatable bonds is 5. The predicted molar refractivity (Wildman–Crippen MR) is 124 cm³/mol. The summed E-state index contributed by atoms with van der Waals surface area (Å²) in [6.45, 7) is 9.73. The van der Waals surface area contributed by atoms with Crippen LogP contribution in [0.15, 0.2) is 36.5 Å². The number of amides is 1. The maximum absolute atomic E-state index is 13.1. The summed E-state index contributed by atoms with van der Waals surface area (Å²) < 4.78 is 7.53. The number of hydrogen-bond acceptors (Lipinski definition) is 5. The molecule has 2 aromatic heterocycles. The van der Waals surface area contributed by atoms with Crippen LogP contribution >= 0.6 is 0 Å². The van der Waals surface area contributed by atoms with Crippen LogP contribution in [0.1, 0.15) is 75.5 Å². The minimum atomic E-state index is -0.480. The summed E-state index contributed by atoms with van der Waals surface area (Å²) >= 11 is 0. The van der Waals surface area contributed by atoms with Gasteiger partial charge in [0.1, 0.15) is 5.75 Å². The number of carbonyl (C=O) groups excluding carboxylic acids is 2. The van der Waals surface area contributed by atoms with E-state index in [4.69, 9.17) is 9.72 Å². The number of anilines is 1. The number of ether oxygens (including phenoxy) is 1. The van der Waals surface area contributed by atoms with E-state index in [2.05, 4.69) is 5.10 Å². The number of aromatic nitrogens is 3. The van der Waals surface area contributed by atoms with Crippen molar-refractivity contribution in [2.75, 3.05) is 11.9 Å². The molecule has 1 amide bonds. The first-order chi connectivity index (χ1) is 15.1. The van der Waals surface area contributed by atoms with Gasteiger partial charge in [0.05, 0.1) is 17.1 Å². The molecule has 1 aliphatic carbocycles. The average Bonchev–Trinajstić information content (AvgIpc) is 3.50. The van der Waals surface area contributed by atoms with Gasteiger partial charge in [-0.2, -0.15) is 5.10 Å². The van der Waals surface area contributed by atoms with Crippen molar-refractivity contribution in [3.8, 4) is 5.75 Å². The fourth-order valence-electron chi connectivity index (χ4n) is 3.69. The molecule has 3 aromatic rings. The second-order valence-electron chi connectivity index (χ2n) is 9.79. The van der Waals surface area contributed by atoms with Gasteiger partial charge in [0.2, 0.25) is 5.91 Å². The van der Waals surface area contributed by atoms with E-state index in [-0.39, 0.29) is 11.9 Å². The molecular weight excluding hydrogens is 404 g/mol. The highest BCUT2D eigenvalue weighted by molar-refractivity contribution is 6.03. The molecule has 0 saturated heterocycles. The minimum Gasteiger partial charge on any atom is -0.423 e. The Morgan fingerprint density at radius 3 is 2.38 bits per heavy atom. The third kappa shape index (κ3) is 4.24. The van der Waals surface area contributed by atoms with Gasteiger partial charge in [0.15, 0.2) is 5.65 Å². The number of benzene rings is 1. The zero-order chi connectivity index (χ0) is 23.2. The zero-order valence-corrected chi connectivity index (χ0v) is 19.5. The van der Waals surface area contributed by atoms with Crippen LogP contribution in [0.4, 0.5) is 5.69 Å². The van der Waals surface area contributed by atoms with Gasteiger partial charge in [-0.1, -0.05) is 20.8 Å². The van der Waals surface area contributed by atoms with Gasteiger partial charge in [0.25, 0.3) is 0 Å². The smallest absolute Gasteiger partial charge is 0.344 e. The predicted octanol–water partition coefficient (Wildman–Crippen LogP) is 5.12. The zero-order valence-electron chi connectivity index (χ0n) is 19.5. The summed E-state index contributed by atoms with van der Waals surface area (Å²) in [5, 5.41) is 5.14. The largest absolute Gasteiger partial charge is 0.423 e. The molecule has 0 bridgehead atoms. The van der Waals surface area contributed by atoms with Crippen molar-refractivity contribution in [2.24, 2.45) is 5.41 Å². The fraction of sp³-hybridized carbons (Fsp3) is 0.440. The first kappa shape index (κ1) is 22.0. The quantitative estimate of drug-likeness (QED) is 0.412. The lowest BCUT2D eigenvalue weighted by molar-refractivity contribution is -0.125. The molecule has 0 unspecified atom stereocenters. The van der Waals surface area contributed by atoms with Gasteiger partial charge in [-0.25, -0.2) is 14.5 Å². The van der Waals surface area contributed by atoms with Crippen molar-refractivity contribution in [1.82, 2.24) is 14.8 Å². The van der Waals surface area contributed by atoms with Crippen LogP contribution in [0.25, 0.3) is 11.0 Å². The summed E-state index contributed by atoms with van der Waals surface area (Å²) in [5.41, 5.74) is 2.38. The van der Waals surface area contributed by atoms with E-state index in [0.717, 1.165) is 24.2 Å². The fourth-order valence-corrected chi connectivity index (χ4v) is 3.69. The summed E-state index contributed by atoms with van der Waals surface area (Å²) in [4.78, 5) is 32.0. The summed E-state index contributed by atoms with van der Waals surface area (Å²) in [5.74, 6) is 0.395. The average molecular weight is 435 g/mol. The molecule has 168 valence electrons. The van der Waals surface area contributed by atoms with Crippen LogP contribution in [0.5, 0.6) is 5.75 Å². The van der Waals surface area contributed by atoms with E-state index in [9.17, 15) is 9.59 Å². The molecule has 4 rings (SSSR count). The Kier molecular flexibility index (Phi) is 5.53. The van der Waals surface area contributed by atoms with Crippen molar-refractivity contribution in [1.29, 1.82) is 0 Å². The molecule has 1 fully saturated rings. The Morgan fingerprint density at radius 1 is 1.16 bits per heavy atom. The molecule has 0 aliphatic heterocycles. The van der Waals surface area contributed by atoms with Crippen molar-refractivity contribution in [3.63, 3.8) is 0 Å². The number of pyridine rings is 1. The van der Waals surface area contributed by atoms with Crippen LogP contribution in [-0.2, 0) is 4.79 Å². The topological polar surface area (TPSA) is 77.3 Å². The molecule has 0 N–H and O–H groups in total. The molecule has 1 aromatic carbocycles. The van der Waals surface area contributed by atoms with Crippen molar-refractivity contribution in [2.45, 2.75) is 59.4 Å². The van der Waals surface area contributed by atoms with Gasteiger partial charge < -0.3 is 9.64 Å². The summed E-state index contributed by atoms with van der Waals surface area (Å²) in [7, 11) is 1.74. The SMILES string of the molecule is CC(C)n1ncc2c(C(=O)Oc3ccc(N(C)C(=O)C(C)(C)C)cc3)cc(C3CC3)nc21. The van der Waals surface area contributed by atoms with Gasteiger partial charge in [-0.05, 0) is 57.0 Å². The summed E-state index contributed by atoms with van der Waals surface area (Å²) in [6, 6.07) is 8.95. The van der Waals surface area contributed by atoms with Crippen LogP contribution in [0.2, 0.25) is 0 Å². The van der Waals surface area contributed by atoms with Crippen molar-refractivity contribution >= 4 is 28.6 Å². The number of nitrogens with zero attached hydrogens (tertiary/aromatic N) is 4. The molecular formula is C25H30N4O3. The standard InChI is InChI=1S/C25H30N4O3/c1-15(2)29-22-20(14-26-29)19(13-21(27-22)16-7-8-16)23(30)32-18-11-9-17(10-12-18)28(6)24(31)25(3,4)5/h9-16H,7-8H2,1-6H3. The van der Waals surface area contributed by atoms with Crippen molar-refractivity contribution < 1.29 is 14.3 Å². The van der Waals surface area contributed by atoms with Crippen LogP contribution in [-0.4, -0.2) is 33.7 Å². The molecule has 0 atom stereocenters. The highest BCUT2D eigenvalue weighted by Gasteiger charge is 2.29. The van der Waals surface area contributed by atoms with Crippen molar-refractivity contribution in [3.05, 3.63) is 47.8 Å². The molecule has 2 heterocycles. The highest BCUT2D eigenvalue weighted by atomic mass is 16.5. The Hall–Kier alpha value is -3.22. The molecule has 7 nitrogen and oxygen atoms in total. The first-order valence-electron chi connectivity index (χ1n) is 11.0. The lowest BCUT2D eigenvalue weighted by Gasteiger charge is -2.26. The first-order valence-corrected chi connectivity index (χ1v) is 11.0. The van der Waals surface area contributed by atoms with Gasteiger partial charge in [0, 0.05) is 35.8 Å². The van der Waals surface area contributed by atoms with Gasteiger partial charge in [-0.15, -0.1) is 0 Å². The number of hydrogen-bond donors (Lipinski definition) is 0. The van der Waals surface area contributed by atoms with Crippen LogP contribution in [0.3, 0.4) is 0 Å². The number of esters is 1. The molecule has 0 spiro atoms. The van der Waals surface area contributed by atoms with E-state index in [1.807, 2.05) is 45.4 Å². The minimum absolute atomic E-state index is 0.0104. The highest BCUT2D eigenvalue weighted by Crippen LogP contribution is 2.40. The third-order valence-corrected chi connectivity index (χ3v) is 5.67. The Balaban J connectivity index is 1.60. The maximum Gasteiger partial charge on any atom is 0.344 e. The number of fused-ring (bicyclic) bond motifs is 1. The second-order valence-corrected chi connectivity index (χ2v) is 9.79. The second kappa shape index (κ2) is 8.04. The molecule has 1 saturated carbocycles. The maximum atomic E-state index is 13.1. The third-order valence-electron chi connectivity index (χ3n) is 5.67. The number of carbonyl (C=O) groups is 2. The Labute approximate surface area is 188 Å². The van der Waals surface area contributed by atoms with E-state index in [1.165, 1.54) is 0 Å². The van der Waals surface area contributed by atoms with E-state index in [0.29, 0.717) is 28.3 Å². The van der Waals surface area contributed by atoms with E-state index in [1.54, 1.807) is 42.4 Å². The lowest BCUT2D eigenvalue weighted by atomic mass is 9.95. The van der Waals surface area contributed by atoms with E-state index < -0.39 is 11.4 Å². The van der Waals surface area contributed by atoms with Crippen LogP contribution in [0, 0.1) is 5.41 Å². The summed E-state index contributed by atoms with van der Waals surface area (Å²) in [6.07, 6.45) is 3.86. The van der Waals surface area contributed by atoms with Gasteiger partial charge >= 0.3 is 5.97 Å². The lowest BCUT2D eigenvalue weighted by Crippen LogP contribution is -2.36. The molecule has 32 heavy (non-hydrogen) atoms. The van der Waals surface area contributed by atoms with Gasteiger partial charge in [-0.3, -0.25) is 4.79 Å². The Morgan fingerprint density at radius 2 is 1.81 bits per heavy atom. The molecule has 0 radical (unpaired) electrons. The van der Waals surface area contributed by atoms with Crippen LogP contribution < -0.4 is 9.64 Å². The molecule has 7 heteroatoms. The van der Waals surface area contributed by atoms with E-state index >= 15 is 0 Å². The monoisotopic (exact) mass is 434 g/mol. The Bertz CT molecular complexity index is 1170. The molecule has 1 aliphatic rings.